The van der Waals surface area contributed by atoms with Crippen LogP contribution in [0.3, 0.4) is 0 Å². The first-order chi connectivity index (χ1) is 13.8. The molecule has 0 saturated carbocycles. The summed E-state index contributed by atoms with van der Waals surface area (Å²) in [6.45, 7) is 2.53. The van der Waals surface area contributed by atoms with Crippen LogP contribution in [0.2, 0.25) is 0 Å². The third-order valence-corrected chi connectivity index (χ3v) is 4.76. The molecule has 2 nitrogen and oxygen atoms in total. The predicted octanol–water partition coefficient (Wildman–Crippen LogP) is 6.79. The lowest BCUT2D eigenvalue weighted by Gasteiger charge is -2.21. The van der Waals surface area contributed by atoms with Gasteiger partial charge in [0, 0.05) is 16.7 Å². The molecule has 2 heteroatoms. The van der Waals surface area contributed by atoms with Gasteiger partial charge in [0.05, 0.1) is 6.61 Å². The van der Waals surface area contributed by atoms with Crippen LogP contribution in [0.15, 0.2) is 97.1 Å². The number of hydrogen-bond acceptors (Lipinski definition) is 2. The molecule has 0 fully saturated rings. The van der Waals surface area contributed by atoms with E-state index in [9.17, 15) is 5.11 Å². The fourth-order valence-corrected chi connectivity index (χ4v) is 3.55. The lowest BCUT2D eigenvalue weighted by molar-refractivity contribution is 0.342. The van der Waals surface area contributed by atoms with Crippen molar-refractivity contribution in [3.8, 4) is 44.9 Å². The Labute approximate surface area is 165 Å². The zero-order chi connectivity index (χ0) is 19.3. The largest absolute Gasteiger partial charge is 0.507 e. The molecule has 0 bridgehead atoms. The van der Waals surface area contributed by atoms with E-state index in [0.717, 1.165) is 39.1 Å². The first-order valence-corrected chi connectivity index (χ1v) is 9.48. The smallest absolute Gasteiger partial charge is 0.135 e. The SMILES string of the molecule is CCOc1c(-c2ccccc2)cc(O)c(-c2ccccc2)c1-c1ccccc1. The topological polar surface area (TPSA) is 29.5 Å². The second-order valence-electron chi connectivity index (χ2n) is 6.55. The number of benzene rings is 4. The van der Waals surface area contributed by atoms with Gasteiger partial charge in [-0.3, -0.25) is 0 Å². The van der Waals surface area contributed by atoms with Crippen molar-refractivity contribution in [3.05, 3.63) is 97.1 Å². The Balaban J connectivity index is 2.10. The Morgan fingerprint density at radius 1 is 0.643 bits per heavy atom. The minimum atomic E-state index is 0.243. The van der Waals surface area contributed by atoms with Crippen LogP contribution in [0.25, 0.3) is 33.4 Å². The molecule has 1 N–H and O–H groups in total. The van der Waals surface area contributed by atoms with E-state index in [0.29, 0.717) is 6.61 Å². The average Bonchev–Trinajstić information content (AvgIpc) is 2.76. The summed E-state index contributed by atoms with van der Waals surface area (Å²) in [6.07, 6.45) is 0. The Kier molecular flexibility index (Phi) is 5.11. The molecule has 0 spiro atoms. The van der Waals surface area contributed by atoms with Crippen LogP contribution in [-0.2, 0) is 0 Å². The van der Waals surface area contributed by atoms with Crippen molar-refractivity contribution in [2.45, 2.75) is 6.92 Å². The molecular weight excluding hydrogens is 344 g/mol. The predicted molar refractivity (Wildman–Crippen MR) is 116 cm³/mol. The van der Waals surface area contributed by atoms with Crippen molar-refractivity contribution in [3.63, 3.8) is 0 Å². The number of phenolic OH excluding ortho intramolecular Hbond substituents is 1. The Hall–Kier alpha value is -3.52. The van der Waals surface area contributed by atoms with Gasteiger partial charge in [-0.05, 0) is 29.7 Å². The number of ether oxygens (including phenoxy) is 1. The summed E-state index contributed by atoms with van der Waals surface area (Å²) >= 11 is 0. The molecule has 4 aromatic carbocycles. The maximum Gasteiger partial charge on any atom is 0.135 e. The average molecular weight is 366 g/mol. The van der Waals surface area contributed by atoms with Crippen molar-refractivity contribution in [2.24, 2.45) is 0 Å². The van der Waals surface area contributed by atoms with E-state index in [4.69, 9.17) is 4.74 Å². The van der Waals surface area contributed by atoms with Crippen molar-refractivity contribution in [1.29, 1.82) is 0 Å². The van der Waals surface area contributed by atoms with Crippen LogP contribution in [0.5, 0.6) is 11.5 Å². The fraction of sp³-hybridized carbons (Fsp3) is 0.0769. The molecule has 138 valence electrons. The number of phenols is 1. The summed E-state index contributed by atoms with van der Waals surface area (Å²) in [4.78, 5) is 0. The quantitative estimate of drug-likeness (QED) is 0.421. The van der Waals surface area contributed by atoms with Gasteiger partial charge < -0.3 is 9.84 Å². The van der Waals surface area contributed by atoms with Crippen LogP contribution in [0.1, 0.15) is 6.92 Å². The van der Waals surface area contributed by atoms with Crippen LogP contribution in [-0.4, -0.2) is 11.7 Å². The fourth-order valence-electron chi connectivity index (χ4n) is 3.55. The molecule has 28 heavy (non-hydrogen) atoms. The summed E-state index contributed by atoms with van der Waals surface area (Å²) in [5.74, 6) is 1.03. The van der Waals surface area contributed by atoms with E-state index in [1.807, 2.05) is 91.9 Å². The highest BCUT2D eigenvalue weighted by molar-refractivity contribution is 5.96. The minimum absolute atomic E-state index is 0.243. The maximum atomic E-state index is 11.1. The molecular formula is C26H22O2. The third kappa shape index (κ3) is 3.37. The lowest BCUT2D eigenvalue weighted by atomic mass is 9.89. The zero-order valence-corrected chi connectivity index (χ0v) is 15.8. The molecule has 0 unspecified atom stereocenters. The molecule has 0 aliphatic rings. The Bertz CT molecular complexity index is 1060. The van der Waals surface area contributed by atoms with Crippen molar-refractivity contribution in [2.75, 3.05) is 6.61 Å². The van der Waals surface area contributed by atoms with Gasteiger partial charge in [0.25, 0.3) is 0 Å². The first-order valence-electron chi connectivity index (χ1n) is 9.48. The first kappa shape index (κ1) is 17.9. The zero-order valence-electron chi connectivity index (χ0n) is 15.8. The second kappa shape index (κ2) is 8.01. The monoisotopic (exact) mass is 366 g/mol. The van der Waals surface area contributed by atoms with Crippen molar-refractivity contribution >= 4 is 0 Å². The second-order valence-corrected chi connectivity index (χ2v) is 6.55. The van der Waals surface area contributed by atoms with Crippen LogP contribution in [0.4, 0.5) is 0 Å². The highest BCUT2D eigenvalue weighted by Crippen LogP contribution is 2.49. The number of aromatic hydroxyl groups is 1. The molecule has 4 rings (SSSR count). The molecule has 0 radical (unpaired) electrons. The van der Waals surface area contributed by atoms with Gasteiger partial charge in [-0.1, -0.05) is 91.0 Å². The molecule has 0 amide bonds. The normalized spacial score (nSPS) is 10.6. The molecule has 0 aliphatic carbocycles. The summed E-state index contributed by atoms with van der Waals surface area (Å²) < 4.78 is 6.18. The van der Waals surface area contributed by atoms with Crippen molar-refractivity contribution < 1.29 is 9.84 Å². The van der Waals surface area contributed by atoms with Gasteiger partial charge in [0.1, 0.15) is 11.5 Å². The van der Waals surface area contributed by atoms with Gasteiger partial charge in [-0.2, -0.15) is 0 Å². The van der Waals surface area contributed by atoms with E-state index >= 15 is 0 Å². The van der Waals surface area contributed by atoms with Crippen LogP contribution >= 0.6 is 0 Å². The standard InChI is InChI=1S/C26H22O2/c1-2-28-26-22(19-12-6-3-7-13-19)18-23(27)24(20-14-8-4-9-15-20)25(26)21-16-10-5-11-17-21/h3-18,27H,2H2,1H3. The molecule has 4 aromatic rings. The molecule has 0 aromatic heterocycles. The highest BCUT2D eigenvalue weighted by atomic mass is 16.5. The summed E-state index contributed by atoms with van der Waals surface area (Å²) in [5.41, 5.74) is 5.57. The molecule has 0 atom stereocenters. The van der Waals surface area contributed by atoms with E-state index in [2.05, 4.69) is 12.1 Å². The maximum absolute atomic E-state index is 11.1. The van der Waals surface area contributed by atoms with Crippen LogP contribution in [0, 0.1) is 0 Å². The highest BCUT2D eigenvalue weighted by Gasteiger charge is 2.22. The van der Waals surface area contributed by atoms with Gasteiger partial charge >= 0.3 is 0 Å². The van der Waals surface area contributed by atoms with Crippen LogP contribution < -0.4 is 4.74 Å². The lowest BCUT2D eigenvalue weighted by Crippen LogP contribution is -1.99. The van der Waals surface area contributed by atoms with E-state index < -0.39 is 0 Å². The van der Waals surface area contributed by atoms with Crippen molar-refractivity contribution in [1.82, 2.24) is 0 Å². The molecule has 0 saturated heterocycles. The Morgan fingerprint density at radius 3 is 1.61 bits per heavy atom. The number of hydrogen-bond donors (Lipinski definition) is 1. The van der Waals surface area contributed by atoms with E-state index in [1.165, 1.54) is 0 Å². The van der Waals surface area contributed by atoms with E-state index in [1.54, 1.807) is 0 Å². The van der Waals surface area contributed by atoms with Gasteiger partial charge in [-0.25, -0.2) is 0 Å². The van der Waals surface area contributed by atoms with Gasteiger partial charge in [0.2, 0.25) is 0 Å². The molecule has 0 heterocycles. The van der Waals surface area contributed by atoms with Gasteiger partial charge in [0.15, 0.2) is 0 Å². The third-order valence-electron chi connectivity index (χ3n) is 4.76. The number of rotatable bonds is 5. The van der Waals surface area contributed by atoms with E-state index in [-0.39, 0.29) is 5.75 Å². The Morgan fingerprint density at radius 2 is 1.11 bits per heavy atom. The summed E-state index contributed by atoms with van der Waals surface area (Å²) in [7, 11) is 0. The molecule has 0 aliphatic heterocycles. The minimum Gasteiger partial charge on any atom is -0.507 e. The summed E-state index contributed by atoms with van der Waals surface area (Å²) in [6, 6.07) is 31.9. The van der Waals surface area contributed by atoms with Gasteiger partial charge in [-0.15, -0.1) is 0 Å². The summed E-state index contributed by atoms with van der Waals surface area (Å²) in [5, 5.41) is 11.1.